The van der Waals surface area contributed by atoms with Gasteiger partial charge in [-0.15, -0.1) is 0 Å². The Bertz CT molecular complexity index is 451. The Kier molecular flexibility index (Phi) is 3.99. The molecule has 98 valence electrons. The molecule has 0 saturated carbocycles. The van der Waals surface area contributed by atoms with Crippen molar-refractivity contribution < 1.29 is 9.53 Å². The van der Waals surface area contributed by atoms with Gasteiger partial charge in [0, 0.05) is 18.8 Å². The van der Waals surface area contributed by atoms with E-state index in [1.807, 2.05) is 19.1 Å². The van der Waals surface area contributed by atoms with Gasteiger partial charge in [-0.05, 0) is 43.5 Å². The highest BCUT2D eigenvalue weighted by Crippen LogP contribution is 2.21. The fraction of sp³-hybridized carbons (Fsp3) is 0.500. The van der Waals surface area contributed by atoms with Crippen molar-refractivity contribution in [3.05, 3.63) is 28.8 Å². The second-order valence-corrected chi connectivity index (χ2v) is 4.73. The summed E-state index contributed by atoms with van der Waals surface area (Å²) in [5.74, 6) is -0.0754. The minimum absolute atomic E-state index is 0.0754. The largest absolute Gasteiger partial charge is 0.366 e. The molecule has 4 heteroatoms. The first-order valence-electron chi connectivity index (χ1n) is 6.29. The third-order valence-corrected chi connectivity index (χ3v) is 3.54. The van der Waals surface area contributed by atoms with Crippen molar-refractivity contribution >= 4 is 11.6 Å². The maximum atomic E-state index is 12.0. The number of aryl methyl sites for hydroxylation is 1. The summed E-state index contributed by atoms with van der Waals surface area (Å²) in [4.78, 5) is 12.0. The van der Waals surface area contributed by atoms with Gasteiger partial charge >= 0.3 is 0 Å². The molecule has 1 aliphatic heterocycles. The third-order valence-electron chi connectivity index (χ3n) is 3.54. The number of nitrogens with one attached hydrogen (secondary N) is 2. The van der Waals surface area contributed by atoms with Crippen LogP contribution in [0.3, 0.4) is 0 Å². The van der Waals surface area contributed by atoms with E-state index in [1.54, 1.807) is 0 Å². The molecule has 1 unspecified atom stereocenters. The predicted molar refractivity (Wildman–Crippen MR) is 71.9 cm³/mol. The highest BCUT2D eigenvalue weighted by molar-refractivity contribution is 5.95. The summed E-state index contributed by atoms with van der Waals surface area (Å²) in [6, 6.07) is 3.98. The van der Waals surface area contributed by atoms with E-state index in [1.165, 1.54) is 11.1 Å². The first kappa shape index (κ1) is 13.1. The Labute approximate surface area is 108 Å². The highest BCUT2D eigenvalue weighted by atomic mass is 16.5. The molecule has 2 rings (SSSR count). The molecule has 0 aromatic heterocycles. The van der Waals surface area contributed by atoms with Crippen LogP contribution in [0.15, 0.2) is 12.1 Å². The zero-order valence-corrected chi connectivity index (χ0v) is 11.2. The Morgan fingerprint density at radius 2 is 2.11 bits per heavy atom. The summed E-state index contributed by atoms with van der Waals surface area (Å²) < 4.78 is 5.43. The SMILES string of the molecule is Cc1ccc(NC(=O)C2CNCCO2)c(C)c1C. The van der Waals surface area contributed by atoms with Crippen LogP contribution in [0.4, 0.5) is 5.69 Å². The molecule has 0 radical (unpaired) electrons. The number of morpholine rings is 1. The second kappa shape index (κ2) is 5.50. The number of rotatable bonds is 2. The molecule has 1 amide bonds. The topological polar surface area (TPSA) is 50.4 Å². The molecule has 1 saturated heterocycles. The molecule has 2 N–H and O–H groups in total. The molecule has 1 aliphatic rings. The smallest absolute Gasteiger partial charge is 0.254 e. The predicted octanol–water partition coefficient (Wildman–Crippen LogP) is 1.54. The summed E-state index contributed by atoms with van der Waals surface area (Å²) in [5, 5.41) is 6.09. The Morgan fingerprint density at radius 1 is 1.33 bits per heavy atom. The highest BCUT2D eigenvalue weighted by Gasteiger charge is 2.22. The molecule has 1 heterocycles. The standard InChI is InChI=1S/C14H20N2O2/c1-9-4-5-12(11(3)10(9)2)16-14(17)13-8-15-6-7-18-13/h4-5,13,15H,6-8H2,1-3H3,(H,16,17). The van der Waals surface area contributed by atoms with Crippen molar-refractivity contribution in [2.24, 2.45) is 0 Å². The van der Waals surface area contributed by atoms with Crippen LogP contribution in [-0.2, 0) is 9.53 Å². The summed E-state index contributed by atoms with van der Waals surface area (Å²) in [5.41, 5.74) is 4.45. The molecule has 1 fully saturated rings. The van der Waals surface area contributed by atoms with Gasteiger partial charge in [-0.2, -0.15) is 0 Å². The van der Waals surface area contributed by atoms with Crippen molar-refractivity contribution in [1.29, 1.82) is 0 Å². The summed E-state index contributed by atoms with van der Waals surface area (Å²) >= 11 is 0. The Balaban J connectivity index is 2.09. The van der Waals surface area contributed by atoms with Crippen LogP contribution < -0.4 is 10.6 Å². The minimum atomic E-state index is -0.389. The van der Waals surface area contributed by atoms with Crippen LogP contribution in [0.5, 0.6) is 0 Å². The molecule has 1 aromatic carbocycles. The average Bonchev–Trinajstić information content (AvgIpc) is 2.40. The van der Waals surface area contributed by atoms with E-state index in [0.29, 0.717) is 13.2 Å². The maximum absolute atomic E-state index is 12.0. The molecule has 1 atom stereocenters. The number of benzene rings is 1. The lowest BCUT2D eigenvalue weighted by molar-refractivity contribution is -0.128. The summed E-state index contributed by atoms with van der Waals surface area (Å²) in [6.07, 6.45) is -0.389. The van der Waals surface area contributed by atoms with Crippen LogP contribution in [-0.4, -0.2) is 31.7 Å². The van der Waals surface area contributed by atoms with Crippen molar-refractivity contribution in [2.75, 3.05) is 25.0 Å². The van der Waals surface area contributed by atoms with E-state index in [-0.39, 0.29) is 12.0 Å². The summed E-state index contributed by atoms with van der Waals surface area (Å²) in [7, 11) is 0. The number of ether oxygens (including phenoxy) is 1. The van der Waals surface area contributed by atoms with Crippen molar-refractivity contribution in [2.45, 2.75) is 26.9 Å². The number of amides is 1. The van der Waals surface area contributed by atoms with E-state index in [4.69, 9.17) is 4.74 Å². The average molecular weight is 248 g/mol. The Morgan fingerprint density at radius 3 is 2.78 bits per heavy atom. The fourth-order valence-corrected chi connectivity index (χ4v) is 2.04. The van der Waals surface area contributed by atoms with Gasteiger partial charge < -0.3 is 15.4 Å². The maximum Gasteiger partial charge on any atom is 0.254 e. The van der Waals surface area contributed by atoms with Crippen LogP contribution in [0.2, 0.25) is 0 Å². The van der Waals surface area contributed by atoms with Crippen LogP contribution in [0.25, 0.3) is 0 Å². The van der Waals surface area contributed by atoms with Gasteiger partial charge in [-0.3, -0.25) is 4.79 Å². The van der Waals surface area contributed by atoms with E-state index < -0.39 is 0 Å². The molecule has 0 bridgehead atoms. The molecular weight excluding hydrogens is 228 g/mol. The van der Waals surface area contributed by atoms with E-state index in [0.717, 1.165) is 17.8 Å². The Hall–Kier alpha value is -1.39. The van der Waals surface area contributed by atoms with Gasteiger partial charge in [0.25, 0.3) is 5.91 Å². The first-order valence-corrected chi connectivity index (χ1v) is 6.29. The zero-order chi connectivity index (χ0) is 13.1. The van der Waals surface area contributed by atoms with Crippen LogP contribution in [0.1, 0.15) is 16.7 Å². The van der Waals surface area contributed by atoms with Gasteiger partial charge in [-0.25, -0.2) is 0 Å². The lowest BCUT2D eigenvalue weighted by Gasteiger charge is -2.23. The van der Waals surface area contributed by atoms with Gasteiger partial charge in [0.05, 0.1) is 6.61 Å². The monoisotopic (exact) mass is 248 g/mol. The van der Waals surface area contributed by atoms with Crippen molar-refractivity contribution in [3.8, 4) is 0 Å². The second-order valence-electron chi connectivity index (χ2n) is 4.73. The number of hydrogen-bond donors (Lipinski definition) is 2. The third kappa shape index (κ3) is 2.71. The van der Waals surface area contributed by atoms with Crippen molar-refractivity contribution in [1.82, 2.24) is 5.32 Å². The van der Waals surface area contributed by atoms with E-state index in [2.05, 4.69) is 24.5 Å². The van der Waals surface area contributed by atoms with Gasteiger partial charge in [-0.1, -0.05) is 6.07 Å². The number of anilines is 1. The molecule has 1 aromatic rings. The van der Waals surface area contributed by atoms with E-state index in [9.17, 15) is 4.79 Å². The quantitative estimate of drug-likeness (QED) is 0.834. The fourth-order valence-electron chi connectivity index (χ4n) is 2.04. The van der Waals surface area contributed by atoms with Crippen LogP contribution >= 0.6 is 0 Å². The van der Waals surface area contributed by atoms with Crippen LogP contribution in [0, 0.1) is 20.8 Å². The van der Waals surface area contributed by atoms with Gasteiger partial charge in [0.2, 0.25) is 0 Å². The lowest BCUT2D eigenvalue weighted by atomic mass is 10.0. The molecule has 0 spiro atoms. The lowest BCUT2D eigenvalue weighted by Crippen LogP contribution is -2.45. The summed E-state index contributed by atoms with van der Waals surface area (Å²) in [6.45, 7) is 8.14. The van der Waals surface area contributed by atoms with Gasteiger partial charge in [0.1, 0.15) is 6.10 Å². The van der Waals surface area contributed by atoms with E-state index >= 15 is 0 Å². The number of carbonyl (C=O) groups excluding carboxylic acids is 1. The molecule has 0 aliphatic carbocycles. The normalized spacial score (nSPS) is 19.6. The number of carbonyl (C=O) groups is 1. The van der Waals surface area contributed by atoms with Crippen molar-refractivity contribution in [3.63, 3.8) is 0 Å². The molecule has 18 heavy (non-hydrogen) atoms. The molecule has 4 nitrogen and oxygen atoms in total. The zero-order valence-electron chi connectivity index (χ0n) is 11.2. The minimum Gasteiger partial charge on any atom is -0.366 e. The first-order chi connectivity index (χ1) is 8.59. The molecular formula is C14H20N2O2. The van der Waals surface area contributed by atoms with Gasteiger partial charge in [0.15, 0.2) is 0 Å². The number of hydrogen-bond acceptors (Lipinski definition) is 3.